The Labute approximate surface area is 60.5 Å². The fourth-order valence-corrected chi connectivity index (χ4v) is 0.961. The molecule has 0 amide bonds. The first kappa shape index (κ1) is 9.42. The smallest absolute Gasteiger partial charge is 0.319 e. The fourth-order valence-electron chi connectivity index (χ4n) is 0.428. The van der Waals surface area contributed by atoms with Gasteiger partial charge in [0.15, 0.2) is 0 Å². The van der Waals surface area contributed by atoms with E-state index in [1.165, 1.54) is 6.26 Å². The van der Waals surface area contributed by atoms with Crippen LogP contribution in [-0.2, 0) is 19.3 Å². The summed E-state index contributed by atoms with van der Waals surface area (Å²) < 4.78 is 22.0. The number of nitrogens with one attached hydrogen (secondary N) is 1. The van der Waals surface area contributed by atoms with Crippen molar-refractivity contribution in [2.45, 2.75) is 6.92 Å². The van der Waals surface area contributed by atoms with Gasteiger partial charge in [-0.05, 0) is 6.92 Å². The molecule has 10 heavy (non-hydrogen) atoms. The van der Waals surface area contributed by atoms with E-state index < -0.39 is 15.7 Å². The predicted molar refractivity (Wildman–Crippen MR) is 38.3 cm³/mol. The second-order valence-corrected chi connectivity index (χ2v) is 4.25. The Balaban J connectivity index is 3.82. The second kappa shape index (κ2) is 3.55. The summed E-state index contributed by atoms with van der Waals surface area (Å²) in [5, 5.41) is 0. The highest BCUT2D eigenvalue weighted by Crippen LogP contribution is 1.87. The van der Waals surface area contributed by atoms with Gasteiger partial charge in [0.1, 0.15) is 5.75 Å². The van der Waals surface area contributed by atoms with Crippen molar-refractivity contribution in [2.24, 2.45) is 0 Å². The molecule has 0 radical (unpaired) electrons. The quantitative estimate of drug-likeness (QED) is 0.608. The minimum atomic E-state index is -2.72. The molecule has 0 aliphatic heterocycles. The van der Waals surface area contributed by atoms with Gasteiger partial charge < -0.3 is 4.74 Å². The van der Waals surface area contributed by atoms with E-state index >= 15 is 0 Å². The zero-order valence-electron chi connectivity index (χ0n) is 6.05. The van der Waals surface area contributed by atoms with Gasteiger partial charge in [-0.15, -0.1) is 0 Å². The highest BCUT2D eigenvalue weighted by molar-refractivity contribution is 7.92. The van der Waals surface area contributed by atoms with Crippen molar-refractivity contribution in [3.8, 4) is 0 Å². The monoisotopic (exact) mass is 165 g/mol. The molecule has 0 heterocycles. The Morgan fingerprint density at radius 1 is 1.70 bits per heavy atom. The molecule has 0 bridgehead atoms. The molecular weight excluding hydrogens is 154 g/mol. The largest absolute Gasteiger partial charge is 0.465 e. The van der Waals surface area contributed by atoms with E-state index in [1.54, 1.807) is 6.92 Å². The van der Waals surface area contributed by atoms with Crippen LogP contribution in [0.1, 0.15) is 6.92 Å². The van der Waals surface area contributed by atoms with Crippen molar-refractivity contribution in [1.29, 1.82) is 4.78 Å². The molecule has 5 heteroatoms. The Bertz CT molecular complexity index is 207. The van der Waals surface area contributed by atoms with Crippen LogP contribution in [0.4, 0.5) is 0 Å². The molecule has 0 aliphatic carbocycles. The van der Waals surface area contributed by atoms with E-state index in [2.05, 4.69) is 4.74 Å². The lowest BCUT2D eigenvalue weighted by Crippen LogP contribution is -2.15. The molecule has 0 aliphatic rings. The first-order chi connectivity index (χ1) is 4.45. The van der Waals surface area contributed by atoms with Crippen molar-refractivity contribution in [1.82, 2.24) is 0 Å². The maximum absolute atomic E-state index is 10.6. The number of carbonyl (C=O) groups excluding carboxylic acids is 1. The summed E-state index contributed by atoms with van der Waals surface area (Å²) in [5.41, 5.74) is 0. The van der Waals surface area contributed by atoms with Gasteiger partial charge in [0, 0.05) is 6.26 Å². The van der Waals surface area contributed by atoms with Crippen LogP contribution in [0.15, 0.2) is 0 Å². The molecule has 60 valence electrons. The van der Waals surface area contributed by atoms with Crippen molar-refractivity contribution < 1.29 is 13.7 Å². The van der Waals surface area contributed by atoms with Crippen LogP contribution >= 0.6 is 0 Å². The lowest BCUT2D eigenvalue weighted by atomic mass is 10.8. The number of hydrogen-bond donors (Lipinski definition) is 1. The molecule has 0 saturated heterocycles. The molecular formula is C5H11NO3S. The van der Waals surface area contributed by atoms with Crippen LogP contribution in [0.5, 0.6) is 0 Å². The van der Waals surface area contributed by atoms with Crippen molar-refractivity contribution in [3.05, 3.63) is 0 Å². The molecule has 0 aromatic rings. The average molecular weight is 165 g/mol. The van der Waals surface area contributed by atoms with Crippen molar-refractivity contribution in [2.75, 3.05) is 18.6 Å². The average Bonchev–Trinajstić information content (AvgIpc) is 1.59. The Hall–Kier alpha value is -0.580. The van der Waals surface area contributed by atoms with Crippen LogP contribution in [0, 0.1) is 4.78 Å². The zero-order valence-corrected chi connectivity index (χ0v) is 6.86. The number of carbonyl (C=O) groups is 1. The van der Waals surface area contributed by atoms with Crippen LogP contribution in [0.25, 0.3) is 0 Å². The molecule has 4 nitrogen and oxygen atoms in total. The van der Waals surface area contributed by atoms with E-state index in [0.29, 0.717) is 0 Å². The summed E-state index contributed by atoms with van der Waals surface area (Å²) in [6.45, 7) is 1.94. The van der Waals surface area contributed by atoms with E-state index in [9.17, 15) is 9.00 Å². The number of ether oxygens (including phenoxy) is 1. The van der Waals surface area contributed by atoms with Crippen LogP contribution in [0.2, 0.25) is 0 Å². The molecule has 0 rings (SSSR count). The number of esters is 1. The summed E-state index contributed by atoms with van der Waals surface area (Å²) in [6.07, 6.45) is 1.21. The van der Waals surface area contributed by atoms with E-state index in [4.69, 9.17) is 4.78 Å². The molecule has 0 saturated carbocycles. The van der Waals surface area contributed by atoms with Gasteiger partial charge in [-0.1, -0.05) is 0 Å². The number of rotatable bonds is 3. The number of hydrogen-bond acceptors (Lipinski definition) is 4. The summed E-state index contributed by atoms with van der Waals surface area (Å²) in [6, 6.07) is 0. The lowest BCUT2D eigenvalue weighted by molar-refractivity contribution is -0.139. The van der Waals surface area contributed by atoms with Gasteiger partial charge in [0.25, 0.3) is 0 Å². The van der Waals surface area contributed by atoms with Crippen molar-refractivity contribution >= 4 is 15.7 Å². The molecule has 1 atom stereocenters. The Morgan fingerprint density at radius 2 is 2.20 bits per heavy atom. The minimum Gasteiger partial charge on any atom is -0.465 e. The Kier molecular flexibility index (Phi) is 3.35. The summed E-state index contributed by atoms with van der Waals surface area (Å²) in [5.74, 6) is -0.870. The predicted octanol–water partition coefficient (Wildman–Crippen LogP) is 0.226. The first-order valence-corrected chi connectivity index (χ1v) is 4.96. The third kappa shape index (κ3) is 5.55. The van der Waals surface area contributed by atoms with Gasteiger partial charge in [0.05, 0.1) is 16.3 Å². The zero-order chi connectivity index (χ0) is 8.20. The summed E-state index contributed by atoms with van der Waals surface area (Å²) >= 11 is 0. The highest BCUT2D eigenvalue weighted by atomic mass is 32.2. The van der Waals surface area contributed by atoms with Gasteiger partial charge >= 0.3 is 5.97 Å². The van der Waals surface area contributed by atoms with Gasteiger partial charge in [-0.2, -0.15) is 0 Å². The van der Waals surface area contributed by atoms with E-state index in [0.717, 1.165) is 0 Å². The van der Waals surface area contributed by atoms with Gasteiger partial charge in [-0.3, -0.25) is 9.57 Å². The molecule has 0 spiro atoms. The first-order valence-electron chi connectivity index (χ1n) is 2.83. The van der Waals surface area contributed by atoms with Crippen LogP contribution < -0.4 is 0 Å². The van der Waals surface area contributed by atoms with E-state index in [-0.39, 0.29) is 12.4 Å². The molecule has 0 unspecified atom stereocenters. The van der Waals surface area contributed by atoms with E-state index in [1.807, 2.05) is 0 Å². The SMILES string of the molecule is CCOC(=O)C[S@@](C)(=N)=O. The topological polar surface area (TPSA) is 67.2 Å². The molecule has 0 aromatic heterocycles. The summed E-state index contributed by atoms with van der Waals surface area (Å²) in [4.78, 5) is 10.5. The summed E-state index contributed by atoms with van der Waals surface area (Å²) in [7, 11) is -2.72. The third-order valence-electron chi connectivity index (χ3n) is 0.699. The highest BCUT2D eigenvalue weighted by Gasteiger charge is 2.07. The second-order valence-electron chi connectivity index (χ2n) is 1.95. The minimum absolute atomic E-state index is 0.272. The van der Waals surface area contributed by atoms with Gasteiger partial charge in [-0.25, -0.2) is 4.21 Å². The Morgan fingerprint density at radius 3 is 2.50 bits per heavy atom. The molecule has 1 N–H and O–H groups in total. The lowest BCUT2D eigenvalue weighted by Gasteiger charge is -1.99. The maximum atomic E-state index is 10.6. The normalized spacial score (nSPS) is 15.8. The standard InChI is InChI=1S/C5H11NO3S/c1-3-9-5(7)4-10(2,6)8/h6H,3-4H2,1-2H3/t10-/m0/s1. The third-order valence-corrected chi connectivity index (χ3v) is 1.49. The van der Waals surface area contributed by atoms with Crippen LogP contribution in [-0.4, -0.2) is 28.8 Å². The molecule has 0 fully saturated rings. The van der Waals surface area contributed by atoms with Crippen molar-refractivity contribution in [3.63, 3.8) is 0 Å². The van der Waals surface area contributed by atoms with Gasteiger partial charge in [0.2, 0.25) is 0 Å². The maximum Gasteiger partial charge on any atom is 0.319 e. The fraction of sp³-hybridized carbons (Fsp3) is 0.800. The van der Waals surface area contributed by atoms with Crippen LogP contribution in [0.3, 0.4) is 0 Å². The molecule has 0 aromatic carbocycles.